The third kappa shape index (κ3) is 4.52. The van der Waals surface area contributed by atoms with E-state index in [2.05, 4.69) is 37.9 Å². The van der Waals surface area contributed by atoms with Gasteiger partial charge in [0, 0.05) is 17.6 Å². The van der Waals surface area contributed by atoms with Gasteiger partial charge in [-0.15, -0.1) is 0 Å². The van der Waals surface area contributed by atoms with Crippen LogP contribution in [0.25, 0.3) is 0 Å². The van der Waals surface area contributed by atoms with Gasteiger partial charge in [-0.25, -0.2) is 0 Å². The number of hydrogen-bond acceptors (Lipinski definition) is 3. The summed E-state index contributed by atoms with van der Waals surface area (Å²) in [6.45, 7) is 11.3. The molecule has 2 N–H and O–H groups in total. The Bertz CT molecular complexity index is 235. The van der Waals surface area contributed by atoms with E-state index in [0.29, 0.717) is 12.1 Å². The number of rotatable bonds is 6. The smallest absolute Gasteiger partial charge is 0.0611 e. The van der Waals surface area contributed by atoms with Crippen LogP contribution in [0.5, 0.6) is 0 Å². The number of nitrogens with one attached hydrogen (secondary N) is 1. The number of hydrogen-bond donors (Lipinski definition) is 2. The molecular formula is C15H32N2O. The molecule has 18 heavy (non-hydrogen) atoms. The van der Waals surface area contributed by atoms with E-state index >= 15 is 0 Å². The molecule has 0 amide bonds. The van der Waals surface area contributed by atoms with Gasteiger partial charge in [0.05, 0.1) is 6.61 Å². The van der Waals surface area contributed by atoms with E-state index in [4.69, 9.17) is 0 Å². The molecule has 1 aliphatic heterocycles. The second-order valence-corrected chi connectivity index (χ2v) is 6.24. The first-order valence-corrected chi connectivity index (χ1v) is 7.64. The van der Waals surface area contributed by atoms with Gasteiger partial charge in [-0.1, -0.05) is 19.8 Å². The van der Waals surface area contributed by atoms with Crippen molar-refractivity contribution in [1.29, 1.82) is 0 Å². The summed E-state index contributed by atoms with van der Waals surface area (Å²) < 4.78 is 0. The molecule has 0 saturated carbocycles. The maximum atomic E-state index is 9.60. The summed E-state index contributed by atoms with van der Waals surface area (Å²) in [5.41, 5.74) is -0.139. The van der Waals surface area contributed by atoms with Crippen LogP contribution in [0.15, 0.2) is 0 Å². The lowest BCUT2D eigenvalue weighted by Gasteiger charge is -2.39. The summed E-state index contributed by atoms with van der Waals surface area (Å²) in [5, 5.41) is 13.0. The normalized spacial score (nSPS) is 27.5. The maximum absolute atomic E-state index is 9.60. The molecule has 3 unspecified atom stereocenters. The predicted molar refractivity (Wildman–Crippen MR) is 77.9 cm³/mol. The molecule has 0 aliphatic carbocycles. The van der Waals surface area contributed by atoms with Gasteiger partial charge < -0.3 is 10.4 Å². The third-order valence-corrected chi connectivity index (χ3v) is 4.37. The van der Waals surface area contributed by atoms with Crippen LogP contribution in [0.2, 0.25) is 0 Å². The first-order valence-electron chi connectivity index (χ1n) is 7.64. The van der Waals surface area contributed by atoms with Gasteiger partial charge in [0.25, 0.3) is 0 Å². The average Bonchev–Trinajstić information content (AvgIpc) is 2.54. The Morgan fingerprint density at radius 3 is 2.72 bits per heavy atom. The quantitative estimate of drug-likeness (QED) is 0.766. The van der Waals surface area contributed by atoms with Crippen LogP contribution in [0.4, 0.5) is 0 Å². The number of aliphatic hydroxyl groups excluding tert-OH is 1. The number of likely N-dealkylation sites (N-methyl/N-ethyl adjacent to an activating group) is 1. The fraction of sp³-hybridized carbons (Fsp3) is 1.00. The lowest BCUT2D eigenvalue weighted by molar-refractivity contribution is 0.0948. The van der Waals surface area contributed by atoms with Gasteiger partial charge >= 0.3 is 0 Å². The second kappa shape index (κ2) is 7.46. The van der Waals surface area contributed by atoms with Crippen LogP contribution in [-0.4, -0.2) is 47.3 Å². The Kier molecular flexibility index (Phi) is 6.61. The summed E-state index contributed by atoms with van der Waals surface area (Å²) in [6.07, 6.45) is 6.40. The van der Waals surface area contributed by atoms with Crippen molar-refractivity contribution in [2.45, 2.75) is 77.4 Å². The van der Waals surface area contributed by atoms with E-state index in [1.165, 1.54) is 32.2 Å². The van der Waals surface area contributed by atoms with Crippen molar-refractivity contribution >= 4 is 0 Å². The summed E-state index contributed by atoms with van der Waals surface area (Å²) in [7, 11) is 0. The highest BCUT2D eigenvalue weighted by atomic mass is 16.3. The Labute approximate surface area is 113 Å². The summed E-state index contributed by atoms with van der Waals surface area (Å²) in [5.74, 6) is 0. The molecule has 0 aromatic rings. The van der Waals surface area contributed by atoms with Gasteiger partial charge in [0.2, 0.25) is 0 Å². The molecule has 3 nitrogen and oxygen atoms in total. The Balaban J connectivity index is 2.58. The van der Waals surface area contributed by atoms with Crippen molar-refractivity contribution in [3.05, 3.63) is 0 Å². The molecule has 108 valence electrons. The first-order chi connectivity index (χ1) is 8.52. The van der Waals surface area contributed by atoms with Gasteiger partial charge in [0.1, 0.15) is 0 Å². The van der Waals surface area contributed by atoms with Crippen LogP contribution in [0, 0.1) is 0 Å². The number of likely N-dealkylation sites (tertiary alicyclic amines) is 1. The lowest BCUT2D eigenvalue weighted by atomic mass is 9.93. The Morgan fingerprint density at radius 1 is 1.39 bits per heavy atom. The van der Waals surface area contributed by atoms with E-state index in [-0.39, 0.29) is 12.1 Å². The van der Waals surface area contributed by atoms with Crippen molar-refractivity contribution in [2.75, 3.05) is 19.7 Å². The van der Waals surface area contributed by atoms with E-state index in [1.807, 2.05) is 0 Å². The standard InChI is InChI=1S/C15H32N2O/c1-5-16-15(4,12-18)11-14(3)17-10-8-6-7-9-13(17)2/h13-14,16,18H,5-12H2,1-4H3. The van der Waals surface area contributed by atoms with Gasteiger partial charge in [-0.05, 0) is 53.1 Å². The zero-order valence-corrected chi connectivity index (χ0v) is 12.7. The van der Waals surface area contributed by atoms with Crippen molar-refractivity contribution in [2.24, 2.45) is 0 Å². The highest BCUT2D eigenvalue weighted by molar-refractivity contribution is 4.88. The minimum absolute atomic E-state index is 0.139. The van der Waals surface area contributed by atoms with Crippen molar-refractivity contribution in [3.8, 4) is 0 Å². The largest absolute Gasteiger partial charge is 0.394 e. The minimum Gasteiger partial charge on any atom is -0.394 e. The molecule has 0 radical (unpaired) electrons. The molecule has 1 aliphatic rings. The monoisotopic (exact) mass is 256 g/mol. The first kappa shape index (κ1) is 15.9. The molecule has 1 saturated heterocycles. The van der Waals surface area contributed by atoms with E-state index in [9.17, 15) is 5.11 Å². The Morgan fingerprint density at radius 2 is 2.11 bits per heavy atom. The molecule has 0 aromatic heterocycles. The fourth-order valence-electron chi connectivity index (χ4n) is 3.34. The number of nitrogens with zero attached hydrogens (tertiary/aromatic N) is 1. The van der Waals surface area contributed by atoms with Crippen molar-refractivity contribution in [3.63, 3.8) is 0 Å². The molecule has 1 fully saturated rings. The van der Waals surface area contributed by atoms with E-state index in [1.54, 1.807) is 0 Å². The molecule has 0 bridgehead atoms. The topological polar surface area (TPSA) is 35.5 Å². The van der Waals surface area contributed by atoms with Crippen LogP contribution < -0.4 is 5.32 Å². The van der Waals surface area contributed by atoms with E-state index < -0.39 is 0 Å². The van der Waals surface area contributed by atoms with Crippen molar-refractivity contribution in [1.82, 2.24) is 10.2 Å². The second-order valence-electron chi connectivity index (χ2n) is 6.24. The highest BCUT2D eigenvalue weighted by Gasteiger charge is 2.29. The third-order valence-electron chi connectivity index (χ3n) is 4.37. The average molecular weight is 256 g/mol. The summed E-state index contributed by atoms with van der Waals surface area (Å²) in [4.78, 5) is 2.64. The molecule has 3 heteroatoms. The molecule has 0 spiro atoms. The molecule has 0 aromatic carbocycles. The summed E-state index contributed by atoms with van der Waals surface area (Å²) in [6, 6.07) is 1.22. The molecular weight excluding hydrogens is 224 g/mol. The van der Waals surface area contributed by atoms with E-state index in [0.717, 1.165) is 13.0 Å². The highest BCUT2D eigenvalue weighted by Crippen LogP contribution is 2.23. The zero-order chi connectivity index (χ0) is 13.6. The van der Waals surface area contributed by atoms with Gasteiger partial charge in [-0.3, -0.25) is 4.90 Å². The van der Waals surface area contributed by atoms with Crippen LogP contribution in [0.3, 0.4) is 0 Å². The maximum Gasteiger partial charge on any atom is 0.0611 e. The summed E-state index contributed by atoms with van der Waals surface area (Å²) >= 11 is 0. The molecule has 3 atom stereocenters. The molecule has 1 rings (SSSR count). The number of aliphatic hydroxyl groups is 1. The zero-order valence-electron chi connectivity index (χ0n) is 12.7. The van der Waals surface area contributed by atoms with Crippen LogP contribution >= 0.6 is 0 Å². The SMILES string of the molecule is CCNC(C)(CO)CC(C)N1CCCCCC1C. The fourth-order valence-corrected chi connectivity index (χ4v) is 3.34. The minimum atomic E-state index is -0.139. The van der Waals surface area contributed by atoms with Gasteiger partial charge in [-0.2, -0.15) is 0 Å². The van der Waals surface area contributed by atoms with Crippen LogP contribution in [-0.2, 0) is 0 Å². The predicted octanol–water partition coefficient (Wildman–Crippen LogP) is 2.39. The van der Waals surface area contributed by atoms with Crippen molar-refractivity contribution < 1.29 is 5.11 Å². The van der Waals surface area contributed by atoms with Crippen LogP contribution in [0.1, 0.15) is 59.8 Å². The lowest BCUT2D eigenvalue weighted by Crippen LogP contribution is -2.52. The van der Waals surface area contributed by atoms with Gasteiger partial charge in [0.15, 0.2) is 0 Å². The Hall–Kier alpha value is -0.120. The molecule has 1 heterocycles.